The van der Waals surface area contributed by atoms with Crippen LogP contribution in [0.25, 0.3) is 0 Å². The summed E-state index contributed by atoms with van der Waals surface area (Å²) in [5, 5.41) is 4.21. The molecule has 1 amide bonds. The molecule has 0 unspecified atom stereocenters. The largest absolute Gasteiger partial charge is 0.444 e. The number of carbonyl (C=O) groups is 1. The lowest BCUT2D eigenvalue weighted by molar-refractivity contribution is 0.0195. The third-order valence-corrected chi connectivity index (χ3v) is 3.70. The zero-order chi connectivity index (χ0) is 15.5. The summed E-state index contributed by atoms with van der Waals surface area (Å²) in [4.78, 5) is 13.9. The summed E-state index contributed by atoms with van der Waals surface area (Å²) in [5.74, 6) is 0. The molecule has 1 aliphatic heterocycles. The number of ether oxygens (including phenoxy) is 1. The van der Waals surface area contributed by atoms with Gasteiger partial charge in [-0.15, -0.1) is 0 Å². The molecule has 5 heteroatoms. The number of hydrogen-bond acceptors (Lipinski definition) is 3. The Hall–Kier alpha value is -1.26. The van der Waals surface area contributed by atoms with Crippen molar-refractivity contribution < 1.29 is 9.53 Å². The van der Waals surface area contributed by atoms with E-state index in [1.807, 2.05) is 45.0 Å². The Labute approximate surface area is 131 Å². The molecule has 0 bridgehead atoms. The maximum absolute atomic E-state index is 12.1. The van der Waals surface area contributed by atoms with Crippen LogP contribution < -0.4 is 5.32 Å². The van der Waals surface area contributed by atoms with Crippen molar-refractivity contribution in [1.82, 2.24) is 10.2 Å². The molecule has 0 saturated carbocycles. The predicted molar refractivity (Wildman–Crippen MR) is 84.8 cm³/mol. The summed E-state index contributed by atoms with van der Waals surface area (Å²) in [6.07, 6.45) is 0.562. The van der Waals surface area contributed by atoms with Crippen LogP contribution in [0.3, 0.4) is 0 Å². The van der Waals surface area contributed by atoms with Gasteiger partial charge in [0.2, 0.25) is 0 Å². The Bertz CT molecular complexity index is 499. The zero-order valence-electron chi connectivity index (χ0n) is 12.9. The van der Waals surface area contributed by atoms with Gasteiger partial charge in [0.05, 0.1) is 0 Å². The van der Waals surface area contributed by atoms with Crippen LogP contribution in [0.5, 0.6) is 0 Å². The Morgan fingerprint density at radius 1 is 1.43 bits per heavy atom. The van der Waals surface area contributed by atoms with Crippen molar-refractivity contribution in [3.8, 4) is 0 Å². The molecule has 0 spiro atoms. The minimum atomic E-state index is -0.458. The standard InChI is InChI=1S/C16H23ClN2O2/c1-16(2,3)21-15(20)19-9-8-18-13(11-19)10-12-6-4-5-7-14(12)17/h4-7,13,18H,8-11H2,1-3H3/t13-/m1/s1. The van der Waals surface area contributed by atoms with Gasteiger partial charge in [-0.05, 0) is 38.8 Å². The number of rotatable bonds is 2. The highest BCUT2D eigenvalue weighted by Crippen LogP contribution is 2.18. The highest BCUT2D eigenvalue weighted by Gasteiger charge is 2.27. The van der Waals surface area contributed by atoms with Crippen LogP contribution in [0.4, 0.5) is 4.79 Å². The van der Waals surface area contributed by atoms with Crippen molar-refractivity contribution in [2.24, 2.45) is 0 Å². The van der Waals surface area contributed by atoms with E-state index in [1.165, 1.54) is 0 Å². The Morgan fingerprint density at radius 2 is 2.14 bits per heavy atom. The van der Waals surface area contributed by atoms with Crippen LogP contribution in [0, 0.1) is 0 Å². The molecule has 0 aliphatic carbocycles. The first-order valence-corrected chi connectivity index (χ1v) is 7.68. The van der Waals surface area contributed by atoms with Crippen molar-refractivity contribution in [2.45, 2.75) is 38.8 Å². The number of hydrogen-bond donors (Lipinski definition) is 1. The van der Waals surface area contributed by atoms with Crippen LogP contribution in [0.1, 0.15) is 26.3 Å². The number of nitrogens with one attached hydrogen (secondary N) is 1. The third kappa shape index (κ3) is 4.90. The molecular weight excluding hydrogens is 288 g/mol. The van der Waals surface area contributed by atoms with E-state index in [-0.39, 0.29) is 12.1 Å². The SMILES string of the molecule is CC(C)(C)OC(=O)N1CCN[C@H](Cc2ccccc2Cl)C1. The van der Waals surface area contributed by atoms with Crippen LogP contribution in [-0.2, 0) is 11.2 Å². The Balaban J connectivity index is 1.95. The van der Waals surface area contributed by atoms with Gasteiger partial charge in [-0.2, -0.15) is 0 Å². The smallest absolute Gasteiger partial charge is 0.410 e. The summed E-state index contributed by atoms with van der Waals surface area (Å²) in [7, 11) is 0. The van der Waals surface area contributed by atoms with Gasteiger partial charge >= 0.3 is 6.09 Å². The molecule has 116 valence electrons. The second-order valence-electron chi connectivity index (χ2n) is 6.37. The first kappa shape index (κ1) is 16.1. The predicted octanol–water partition coefficient (Wildman–Crippen LogP) is 3.09. The third-order valence-electron chi connectivity index (χ3n) is 3.33. The van der Waals surface area contributed by atoms with Crippen molar-refractivity contribution >= 4 is 17.7 Å². The second-order valence-corrected chi connectivity index (χ2v) is 6.78. The molecule has 0 radical (unpaired) electrons. The fourth-order valence-corrected chi connectivity index (χ4v) is 2.60. The number of carbonyl (C=O) groups excluding carboxylic acids is 1. The highest BCUT2D eigenvalue weighted by molar-refractivity contribution is 6.31. The molecule has 2 rings (SSSR count). The lowest BCUT2D eigenvalue weighted by atomic mass is 10.0. The molecular formula is C16H23ClN2O2. The summed E-state index contributed by atoms with van der Waals surface area (Å²) >= 11 is 6.20. The van der Waals surface area contributed by atoms with Crippen molar-refractivity contribution in [2.75, 3.05) is 19.6 Å². The van der Waals surface area contributed by atoms with Crippen LogP contribution in [0.15, 0.2) is 24.3 Å². The van der Waals surface area contributed by atoms with Gasteiger partial charge in [0.25, 0.3) is 0 Å². The van der Waals surface area contributed by atoms with Crippen LogP contribution in [0.2, 0.25) is 5.02 Å². The van der Waals surface area contributed by atoms with E-state index in [9.17, 15) is 4.79 Å². The number of benzene rings is 1. The molecule has 21 heavy (non-hydrogen) atoms. The average Bonchev–Trinajstić information content (AvgIpc) is 2.40. The summed E-state index contributed by atoms with van der Waals surface area (Å²) in [6.45, 7) is 7.74. The van der Waals surface area contributed by atoms with Gasteiger partial charge in [0.15, 0.2) is 0 Å². The second kappa shape index (κ2) is 6.67. The maximum atomic E-state index is 12.1. The van der Waals surface area contributed by atoms with Crippen molar-refractivity contribution in [3.63, 3.8) is 0 Å². The van der Waals surface area contributed by atoms with E-state index >= 15 is 0 Å². The monoisotopic (exact) mass is 310 g/mol. The topological polar surface area (TPSA) is 41.6 Å². The molecule has 1 fully saturated rings. The molecule has 1 aromatic carbocycles. The molecule has 4 nitrogen and oxygen atoms in total. The fraction of sp³-hybridized carbons (Fsp3) is 0.562. The first-order valence-electron chi connectivity index (χ1n) is 7.30. The lowest BCUT2D eigenvalue weighted by Gasteiger charge is -2.35. The quantitative estimate of drug-likeness (QED) is 0.912. The van der Waals surface area contributed by atoms with E-state index in [0.29, 0.717) is 13.1 Å². The molecule has 1 heterocycles. The van der Waals surface area contributed by atoms with Crippen molar-refractivity contribution in [3.05, 3.63) is 34.9 Å². The summed E-state index contributed by atoms with van der Waals surface area (Å²) < 4.78 is 5.43. The number of nitrogens with zero attached hydrogens (tertiary/aromatic N) is 1. The highest BCUT2D eigenvalue weighted by atomic mass is 35.5. The molecule has 1 N–H and O–H groups in total. The minimum Gasteiger partial charge on any atom is -0.444 e. The number of piperazine rings is 1. The molecule has 1 saturated heterocycles. The molecule has 1 atom stereocenters. The Kier molecular flexibility index (Phi) is 5.12. The Morgan fingerprint density at radius 3 is 2.81 bits per heavy atom. The van der Waals surface area contributed by atoms with Gasteiger partial charge in [0, 0.05) is 30.7 Å². The van der Waals surface area contributed by atoms with Gasteiger partial charge in [0.1, 0.15) is 5.60 Å². The van der Waals surface area contributed by atoms with E-state index in [0.717, 1.165) is 23.6 Å². The summed E-state index contributed by atoms with van der Waals surface area (Å²) in [6, 6.07) is 8.02. The van der Waals surface area contributed by atoms with Gasteiger partial charge in [-0.1, -0.05) is 29.8 Å². The molecule has 1 aromatic rings. The average molecular weight is 311 g/mol. The van der Waals surface area contributed by atoms with Gasteiger partial charge < -0.3 is 15.0 Å². The number of amides is 1. The molecule has 0 aromatic heterocycles. The van der Waals surface area contributed by atoms with Crippen molar-refractivity contribution in [1.29, 1.82) is 0 Å². The number of halogens is 1. The van der Waals surface area contributed by atoms with Crippen LogP contribution >= 0.6 is 11.6 Å². The van der Waals surface area contributed by atoms with Gasteiger partial charge in [-0.25, -0.2) is 4.79 Å². The summed E-state index contributed by atoms with van der Waals surface area (Å²) in [5.41, 5.74) is 0.642. The zero-order valence-corrected chi connectivity index (χ0v) is 13.6. The van der Waals surface area contributed by atoms with E-state index < -0.39 is 5.60 Å². The maximum Gasteiger partial charge on any atom is 0.410 e. The lowest BCUT2D eigenvalue weighted by Crippen LogP contribution is -2.54. The minimum absolute atomic E-state index is 0.200. The normalized spacial score (nSPS) is 19.4. The fourth-order valence-electron chi connectivity index (χ4n) is 2.38. The van der Waals surface area contributed by atoms with E-state index in [4.69, 9.17) is 16.3 Å². The van der Waals surface area contributed by atoms with E-state index in [1.54, 1.807) is 4.90 Å². The van der Waals surface area contributed by atoms with Gasteiger partial charge in [-0.3, -0.25) is 0 Å². The van der Waals surface area contributed by atoms with Crippen LogP contribution in [-0.4, -0.2) is 42.3 Å². The molecule has 1 aliphatic rings. The first-order chi connectivity index (χ1) is 9.85. The van der Waals surface area contributed by atoms with E-state index in [2.05, 4.69) is 5.32 Å².